The third-order valence-electron chi connectivity index (χ3n) is 6.77. The van der Waals surface area contributed by atoms with Crippen LogP contribution in [0.5, 0.6) is 17.4 Å². The second-order valence-electron chi connectivity index (χ2n) is 9.54. The van der Waals surface area contributed by atoms with Crippen LogP contribution in [-0.2, 0) is 9.47 Å². The predicted molar refractivity (Wildman–Crippen MR) is 205 cm³/mol. The lowest BCUT2D eigenvalue weighted by Gasteiger charge is -2.09. The van der Waals surface area contributed by atoms with Crippen molar-refractivity contribution >= 4 is 75.3 Å². The van der Waals surface area contributed by atoms with Gasteiger partial charge in [-0.2, -0.15) is 0 Å². The first-order valence-electron chi connectivity index (χ1n) is 14.5. The fourth-order valence-electron chi connectivity index (χ4n) is 4.43. The summed E-state index contributed by atoms with van der Waals surface area (Å²) in [7, 11) is 4.85. The van der Waals surface area contributed by atoms with Gasteiger partial charge in [0, 0.05) is 25.2 Å². The molecule has 0 spiro atoms. The Labute approximate surface area is 303 Å². The van der Waals surface area contributed by atoms with Crippen LogP contribution < -0.4 is 14.2 Å². The standard InChI is InChI=1S/C17H15NO3S2.C12H12O3.C5H7NOS2.CH4/c1-3-18-16(22)15(21-17(18)23)10-11-8-9-14(20-11)12-6-4-5-7-13(12)19-2;1-13-10-6-4-3-5-9(10)11-7-8-12(14-2)15-11;1-2-6-4(8)3-7-5(6)9;/h4-10H,3H2,1-2H3;3-8H,1-2H3;2-3H2,1H3;1H4/b15-10-;;;. The van der Waals surface area contributed by atoms with Gasteiger partial charge < -0.3 is 32.5 Å². The van der Waals surface area contributed by atoms with E-state index in [1.54, 1.807) is 38.4 Å². The molecule has 0 aliphatic carbocycles. The van der Waals surface area contributed by atoms with Crippen molar-refractivity contribution in [2.24, 2.45) is 0 Å². The minimum Gasteiger partial charge on any atom is -0.496 e. The number of benzene rings is 2. The van der Waals surface area contributed by atoms with E-state index >= 15 is 0 Å². The van der Waals surface area contributed by atoms with Crippen molar-refractivity contribution in [3.63, 3.8) is 0 Å². The number of thiocarbonyl (C=S) groups is 4. The van der Waals surface area contributed by atoms with Crippen LogP contribution in [-0.4, -0.2) is 71.2 Å². The van der Waals surface area contributed by atoms with E-state index in [4.69, 9.17) is 81.4 Å². The number of rotatable bonds is 8. The van der Waals surface area contributed by atoms with Gasteiger partial charge in [-0.1, -0.05) is 56.1 Å². The second kappa shape index (κ2) is 18.3. The van der Waals surface area contributed by atoms with Gasteiger partial charge in [0.2, 0.25) is 0 Å². The van der Waals surface area contributed by atoms with Crippen LogP contribution in [0.1, 0.15) is 27.0 Å². The molecule has 2 aliphatic heterocycles. The molecule has 9 nitrogen and oxygen atoms in total. The molecule has 0 amide bonds. The van der Waals surface area contributed by atoms with Crippen molar-refractivity contribution in [2.75, 3.05) is 41.0 Å². The van der Waals surface area contributed by atoms with Gasteiger partial charge in [-0.05, 0) is 80.7 Å². The quantitative estimate of drug-likeness (QED) is 0.128. The van der Waals surface area contributed by atoms with Crippen molar-refractivity contribution in [2.45, 2.75) is 21.3 Å². The Bertz CT molecular complexity index is 1750. The van der Waals surface area contributed by atoms with Crippen LogP contribution in [0.4, 0.5) is 0 Å². The molecule has 0 bridgehead atoms. The summed E-state index contributed by atoms with van der Waals surface area (Å²) >= 11 is 20.3. The van der Waals surface area contributed by atoms with Crippen molar-refractivity contribution < 1.29 is 32.5 Å². The Morgan fingerprint density at radius 2 is 1.25 bits per heavy atom. The summed E-state index contributed by atoms with van der Waals surface area (Å²) in [6.07, 6.45) is 1.75. The molecular weight excluding hydrogens is 689 g/mol. The fourth-order valence-corrected chi connectivity index (χ4v) is 5.74. The highest BCUT2D eigenvalue weighted by atomic mass is 32.1. The zero-order chi connectivity index (χ0) is 33.9. The largest absolute Gasteiger partial charge is 0.496 e. The Hall–Kier alpha value is -4.30. The molecule has 6 rings (SSSR count). The third-order valence-corrected chi connectivity index (χ3v) is 8.18. The average molecular weight is 727 g/mol. The Morgan fingerprint density at radius 1 is 0.688 bits per heavy atom. The van der Waals surface area contributed by atoms with Gasteiger partial charge >= 0.3 is 0 Å². The van der Waals surface area contributed by atoms with Crippen LogP contribution in [0.25, 0.3) is 28.7 Å². The van der Waals surface area contributed by atoms with E-state index in [1.807, 2.05) is 85.5 Å². The normalized spacial score (nSPS) is 14.3. The Kier molecular flexibility index (Phi) is 14.5. The number of hydrogen-bond donors (Lipinski definition) is 0. The summed E-state index contributed by atoms with van der Waals surface area (Å²) in [6.45, 7) is 5.95. The van der Waals surface area contributed by atoms with Crippen LogP contribution in [0.15, 0.2) is 87.4 Å². The molecule has 2 aromatic carbocycles. The molecule has 4 aromatic rings. The van der Waals surface area contributed by atoms with Crippen molar-refractivity contribution in [3.8, 4) is 40.1 Å². The lowest BCUT2D eigenvalue weighted by Crippen LogP contribution is -2.26. The van der Waals surface area contributed by atoms with Gasteiger partial charge in [0.1, 0.15) is 40.4 Å². The lowest BCUT2D eigenvalue weighted by atomic mass is 10.1. The van der Waals surface area contributed by atoms with Crippen molar-refractivity contribution in [1.82, 2.24) is 9.80 Å². The zero-order valence-corrected chi connectivity index (χ0v) is 29.8. The second-order valence-corrected chi connectivity index (χ2v) is 11.1. The van der Waals surface area contributed by atoms with Crippen LogP contribution in [0.3, 0.4) is 0 Å². The molecule has 48 heavy (non-hydrogen) atoms. The number of likely N-dealkylation sites (N-methyl/N-ethyl adjacent to an activating group) is 2. The number of methoxy groups -OCH3 is 3. The highest BCUT2D eigenvalue weighted by Gasteiger charge is 2.28. The van der Waals surface area contributed by atoms with E-state index in [9.17, 15) is 0 Å². The monoisotopic (exact) mass is 726 g/mol. The molecule has 13 heteroatoms. The van der Waals surface area contributed by atoms with Gasteiger partial charge in [0.15, 0.2) is 10.7 Å². The number of nitrogens with zero attached hydrogens (tertiary/aromatic N) is 2. The molecule has 0 saturated carbocycles. The topological polar surface area (TPSA) is 78.9 Å². The summed E-state index contributed by atoms with van der Waals surface area (Å²) in [6, 6.07) is 22.8. The fraction of sp³-hybridized carbons (Fsp3) is 0.257. The summed E-state index contributed by atoms with van der Waals surface area (Å²) in [4.78, 5) is 4.95. The smallest absolute Gasteiger partial charge is 0.284 e. The van der Waals surface area contributed by atoms with Crippen LogP contribution in [0.2, 0.25) is 0 Å². The molecule has 2 aliphatic rings. The Balaban J connectivity index is 0.000000214. The lowest BCUT2D eigenvalue weighted by molar-refractivity contribution is 0.308. The SMILES string of the molecule is C.CCN1C(=S)COC1=S.CCN1C(=S)O/C(=C\c2ccc(-c3ccccc3OC)o2)C1=S.COc1ccc(-c2ccccc2OC)o1. The first-order chi connectivity index (χ1) is 22.7. The minimum absolute atomic E-state index is 0. The molecule has 0 atom stereocenters. The third kappa shape index (κ3) is 9.19. The zero-order valence-electron chi connectivity index (χ0n) is 26.5. The first kappa shape index (κ1) is 38.2. The molecular formula is C35H38N2O7S4. The van der Waals surface area contributed by atoms with E-state index in [1.165, 1.54) is 0 Å². The van der Waals surface area contributed by atoms with Crippen LogP contribution >= 0.6 is 48.9 Å². The molecule has 254 valence electrons. The molecule has 2 aromatic heterocycles. The van der Waals surface area contributed by atoms with E-state index in [-0.39, 0.29) is 7.43 Å². The Morgan fingerprint density at radius 3 is 1.71 bits per heavy atom. The average Bonchev–Trinajstić information content (AvgIpc) is 3.89. The summed E-state index contributed by atoms with van der Waals surface area (Å²) < 4.78 is 37.4. The summed E-state index contributed by atoms with van der Waals surface area (Å²) in [5.74, 6) is 4.67. The molecule has 0 radical (unpaired) electrons. The highest BCUT2D eigenvalue weighted by molar-refractivity contribution is 7.82. The van der Waals surface area contributed by atoms with Crippen LogP contribution in [0, 0.1) is 0 Å². The van der Waals surface area contributed by atoms with Crippen molar-refractivity contribution in [3.05, 3.63) is 84.3 Å². The molecule has 0 unspecified atom stereocenters. The van der Waals surface area contributed by atoms with Gasteiger partial charge in [0.05, 0.1) is 32.5 Å². The summed E-state index contributed by atoms with van der Waals surface area (Å²) in [5, 5.41) is 0.891. The van der Waals surface area contributed by atoms with Crippen molar-refractivity contribution in [1.29, 1.82) is 0 Å². The van der Waals surface area contributed by atoms with Gasteiger partial charge in [-0.3, -0.25) is 9.80 Å². The van der Waals surface area contributed by atoms with E-state index in [2.05, 4.69) is 0 Å². The minimum atomic E-state index is 0. The molecule has 0 N–H and O–H groups in total. The number of para-hydroxylation sites is 2. The van der Waals surface area contributed by atoms with Gasteiger partial charge in [0.25, 0.3) is 16.3 Å². The maximum atomic E-state index is 5.87. The number of ether oxygens (including phenoxy) is 5. The number of hydrogen-bond acceptors (Lipinski definition) is 11. The van der Waals surface area contributed by atoms with E-state index in [0.29, 0.717) is 51.7 Å². The predicted octanol–water partition coefficient (Wildman–Crippen LogP) is 8.81. The summed E-state index contributed by atoms with van der Waals surface area (Å²) in [5.41, 5.74) is 1.81. The molecule has 4 heterocycles. The van der Waals surface area contributed by atoms with E-state index in [0.717, 1.165) is 39.9 Å². The maximum absolute atomic E-state index is 5.87. The number of furan rings is 2. The van der Waals surface area contributed by atoms with E-state index < -0.39 is 0 Å². The van der Waals surface area contributed by atoms with Gasteiger partial charge in [-0.25, -0.2) is 0 Å². The molecule has 2 fully saturated rings. The molecule has 2 saturated heterocycles. The maximum Gasteiger partial charge on any atom is 0.284 e. The highest BCUT2D eigenvalue weighted by Crippen LogP contribution is 2.33. The first-order valence-corrected chi connectivity index (χ1v) is 16.1. The van der Waals surface area contributed by atoms with Gasteiger partial charge in [-0.15, -0.1) is 0 Å².